The summed E-state index contributed by atoms with van der Waals surface area (Å²) in [5, 5.41) is 11.7. The van der Waals surface area contributed by atoms with Crippen molar-refractivity contribution in [1.29, 1.82) is 5.26 Å². The number of benzene rings is 1. The molecule has 26 heavy (non-hydrogen) atoms. The van der Waals surface area contributed by atoms with Crippen LogP contribution in [0, 0.1) is 18.3 Å². The molecule has 0 bridgehead atoms. The maximum absolute atomic E-state index is 13.1. The summed E-state index contributed by atoms with van der Waals surface area (Å²) in [4.78, 5) is 11.9. The number of amides is 1. The summed E-state index contributed by atoms with van der Waals surface area (Å²) in [5.41, 5.74) is 6.34. The van der Waals surface area contributed by atoms with Gasteiger partial charge in [0.15, 0.2) is 0 Å². The molecule has 1 aromatic rings. The van der Waals surface area contributed by atoms with Crippen molar-refractivity contribution in [2.24, 2.45) is 5.73 Å². The van der Waals surface area contributed by atoms with Crippen LogP contribution in [-0.2, 0) is 14.8 Å². The molecule has 0 aromatic heterocycles. The molecule has 7 nitrogen and oxygen atoms in total. The summed E-state index contributed by atoms with van der Waals surface area (Å²) in [6.07, 6.45) is 2.66. The van der Waals surface area contributed by atoms with Crippen LogP contribution in [0.25, 0.3) is 0 Å². The molecule has 1 heterocycles. The molecule has 1 atom stereocenters. The van der Waals surface area contributed by atoms with E-state index in [0.717, 1.165) is 12.8 Å². The lowest BCUT2D eigenvalue weighted by Crippen LogP contribution is -2.49. The third-order valence-electron chi connectivity index (χ3n) is 4.37. The first-order valence-corrected chi connectivity index (χ1v) is 9.83. The van der Waals surface area contributed by atoms with Crippen LogP contribution in [0.3, 0.4) is 0 Å². The van der Waals surface area contributed by atoms with Crippen LogP contribution in [0.15, 0.2) is 23.1 Å². The summed E-state index contributed by atoms with van der Waals surface area (Å²) in [5.74, 6) is -0.167. The molecule has 0 radical (unpaired) electrons. The third-order valence-corrected chi connectivity index (χ3v) is 6.48. The number of hydrogen-bond acceptors (Lipinski definition) is 5. The Kier molecular flexibility index (Phi) is 8.50. The van der Waals surface area contributed by atoms with E-state index in [1.54, 1.807) is 13.0 Å². The van der Waals surface area contributed by atoms with Crippen LogP contribution >= 0.6 is 12.4 Å². The average Bonchev–Trinajstić information content (AvgIpc) is 2.60. The van der Waals surface area contributed by atoms with E-state index >= 15 is 0 Å². The second-order valence-electron chi connectivity index (χ2n) is 6.20. The summed E-state index contributed by atoms with van der Waals surface area (Å²) < 4.78 is 27.7. The first kappa shape index (κ1) is 22.4. The van der Waals surface area contributed by atoms with Crippen LogP contribution in [0.1, 0.15) is 36.8 Å². The maximum atomic E-state index is 13.1. The molecular formula is C17H25ClN4O3S. The van der Waals surface area contributed by atoms with Gasteiger partial charge in [0.25, 0.3) is 0 Å². The van der Waals surface area contributed by atoms with Gasteiger partial charge < -0.3 is 11.1 Å². The molecule has 0 saturated carbocycles. The van der Waals surface area contributed by atoms with Crippen molar-refractivity contribution in [2.75, 3.05) is 19.6 Å². The van der Waals surface area contributed by atoms with Crippen molar-refractivity contribution < 1.29 is 13.2 Å². The van der Waals surface area contributed by atoms with E-state index in [1.807, 2.05) is 6.07 Å². The van der Waals surface area contributed by atoms with Gasteiger partial charge in [0.05, 0.1) is 16.5 Å². The number of piperidine rings is 1. The predicted molar refractivity (Wildman–Crippen MR) is 101 cm³/mol. The normalized spacial score (nSPS) is 17.8. The van der Waals surface area contributed by atoms with E-state index in [0.29, 0.717) is 24.1 Å². The van der Waals surface area contributed by atoms with Crippen LogP contribution in [0.2, 0.25) is 0 Å². The standard InChI is InChI=1S/C17H24N4O3S.ClH/c1-13-10-14(11-19)5-6-16(13)25(23,24)21-9-3-2-4-15(21)12-20-17(22)7-8-18;/h5-6,10,15H,2-4,7-9,12,18H2,1H3,(H,20,22);1H. The summed E-state index contributed by atoms with van der Waals surface area (Å²) in [6.45, 7) is 2.67. The van der Waals surface area contributed by atoms with Gasteiger partial charge in [-0.1, -0.05) is 6.42 Å². The minimum absolute atomic E-state index is 0. The number of hydrogen-bond donors (Lipinski definition) is 2. The van der Waals surface area contributed by atoms with E-state index in [-0.39, 0.29) is 48.8 Å². The van der Waals surface area contributed by atoms with Gasteiger partial charge in [-0.3, -0.25) is 4.79 Å². The van der Waals surface area contributed by atoms with Crippen LogP contribution in [-0.4, -0.2) is 44.3 Å². The van der Waals surface area contributed by atoms with Crippen molar-refractivity contribution in [3.8, 4) is 6.07 Å². The quantitative estimate of drug-likeness (QED) is 0.746. The second-order valence-corrected chi connectivity index (χ2v) is 8.06. The molecular weight excluding hydrogens is 376 g/mol. The van der Waals surface area contributed by atoms with E-state index < -0.39 is 10.0 Å². The van der Waals surface area contributed by atoms with Gasteiger partial charge in [-0.15, -0.1) is 12.4 Å². The van der Waals surface area contributed by atoms with E-state index in [2.05, 4.69) is 5.32 Å². The lowest BCUT2D eigenvalue weighted by molar-refractivity contribution is -0.121. The molecule has 1 unspecified atom stereocenters. The zero-order valence-electron chi connectivity index (χ0n) is 14.8. The lowest BCUT2D eigenvalue weighted by atomic mass is 10.1. The molecule has 1 fully saturated rings. The number of halogens is 1. The van der Waals surface area contributed by atoms with Crippen molar-refractivity contribution in [2.45, 2.75) is 43.5 Å². The minimum Gasteiger partial charge on any atom is -0.354 e. The van der Waals surface area contributed by atoms with E-state index in [4.69, 9.17) is 11.0 Å². The van der Waals surface area contributed by atoms with Gasteiger partial charge in [-0.2, -0.15) is 9.57 Å². The number of nitriles is 1. The molecule has 0 aliphatic carbocycles. The summed E-state index contributed by atoms with van der Waals surface area (Å²) in [7, 11) is -3.68. The first-order chi connectivity index (χ1) is 11.9. The largest absolute Gasteiger partial charge is 0.354 e. The Labute approximate surface area is 161 Å². The number of rotatable bonds is 6. The fourth-order valence-corrected chi connectivity index (χ4v) is 4.98. The number of nitrogens with two attached hydrogens (primary N) is 1. The number of aryl methyl sites for hydroxylation is 1. The molecule has 1 aliphatic rings. The van der Waals surface area contributed by atoms with Crippen molar-refractivity contribution in [3.63, 3.8) is 0 Å². The van der Waals surface area contributed by atoms with Gasteiger partial charge in [0.2, 0.25) is 15.9 Å². The Balaban J connectivity index is 0.00000338. The van der Waals surface area contributed by atoms with Crippen LogP contribution in [0.4, 0.5) is 0 Å². The van der Waals surface area contributed by atoms with Gasteiger partial charge >= 0.3 is 0 Å². The topological polar surface area (TPSA) is 116 Å². The number of carbonyl (C=O) groups is 1. The monoisotopic (exact) mass is 400 g/mol. The SMILES string of the molecule is Cc1cc(C#N)ccc1S(=O)(=O)N1CCCCC1CNC(=O)CCN.Cl. The number of nitrogens with zero attached hydrogens (tertiary/aromatic N) is 2. The molecule has 1 amide bonds. The summed E-state index contributed by atoms with van der Waals surface area (Å²) >= 11 is 0. The Bertz CT molecular complexity index is 777. The molecule has 144 valence electrons. The molecule has 1 aromatic carbocycles. The van der Waals surface area contributed by atoms with E-state index in [9.17, 15) is 13.2 Å². The third kappa shape index (κ3) is 5.17. The number of nitrogens with one attached hydrogen (secondary N) is 1. The highest BCUT2D eigenvalue weighted by Gasteiger charge is 2.34. The smallest absolute Gasteiger partial charge is 0.243 e. The maximum Gasteiger partial charge on any atom is 0.243 e. The lowest BCUT2D eigenvalue weighted by Gasteiger charge is -2.35. The van der Waals surface area contributed by atoms with Crippen molar-refractivity contribution in [3.05, 3.63) is 29.3 Å². The molecule has 2 rings (SSSR count). The molecule has 1 saturated heterocycles. The Hall–Kier alpha value is -1.66. The summed E-state index contributed by atoms with van der Waals surface area (Å²) in [6, 6.07) is 6.33. The molecule has 1 aliphatic heterocycles. The fraction of sp³-hybridized carbons (Fsp3) is 0.529. The Morgan fingerprint density at radius 1 is 1.42 bits per heavy atom. The highest BCUT2D eigenvalue weighted by Crippen LogP contribution is 2.27. The van der Waals surface area contributed by atoms with Gasteiger partial charge in [0, 0.05) is 32.1 Å². The molecule has 0 spiro atoms. The van der Waals surface area contributed by atoms with Gasteiger partial charge in [0.1, 0.15) is 0 Å². The molecule has 3 N–H and O–H groups in total. The zero-order chi connectivity index (χ0) is 18.4. The zero-order valence-corrected chi connectivity index (χ0v) is 16.4. The van der Waals surface area contributed by atoms with E-state index in [1.165, 1.54) is 16.4 Å². The van der Waals surface area contributed by atoms with Crippen LogP contribution < -0.4 is 11.1 Å². The minimum atomic E-state index is -3.68. The predicted octanol–water partition coefficient (Wildman–Crippen LogP) is 1.30. The van der Waals surface area contributed by atoms with Crippen LogP contribution in [0.5, 0.6) is 0 Å². The fourth-order valence-electron chi connectivity index (χ4n) is 3.08. The van der Waals surface area contributed by atoms with Gasteiger partial charge in [-0.25, -0.2) is 8.42 Å². The van der Waals surface area contributed by atoms with Gasteiger partial charge in [-0.05, 0) is 43.5 Å². The highest BCUT2D eigenvalue weighted by atomic mass is 35.5. The van der Waals surface area contributed by atoms with Crippen molar-refractivity contribution >= 4 is 28.3 Å². The first-order valence-electron chi connectivity index (χ1n) is 8.39. The second kappa shape index (κ2) is 9.88. The number of carbonyl (C=O) groups excluding carboxylic acids is 1. The van der Waals surface area contributed by atoms with Crippen molar-refractivity contribution in [1.82, 2.24) is 9.62 Å². The molecule has 9 heteroatoms. The average molecular weight is 401 g/mol. The Morgan fingerprint density at radius 3 is 2.77 bits per heavy atom. The highest BCUT2D eigenvalue weighted by molar-refractivity contribution is 7.89. The Morgan fingerprint density at radius 2 is 2.15 bits per heavy atom. The number of sulfonamides is 1.